The maximum Gasteiger partial charge on any atom is 0.100 e. The molecule has 1 N–H and O–H groups in total. The van der Waals surface area contributed by atoms with Gasteiger partial charge >= 0.3 is 0 Å². The van der Waals surface area contributed by atoms with E-state index in [0.29, 0.717) is 0 Å². The average molecular weight is 159 g/mol. The lowest BCUT2D eigenvalue weighted by Gasteiger charge is -1.96. The van der Waals surface area contributed by atoms with Gasteiger partial charge in [-0.1, -0.05) is 6.08 Å². The van der Waals surface area contributed by atoms with Gasteiger partial charge in [0.05, 0.1) is 0 Å². The maximum absolute atomic E-state index is 7.41. The topological polar surface area (TPSA) is 23.9 Å². The number of rotatable bonds is 1. The fourth-order valence-electron chi connectivity index (χ4n) is 0.677. The number of hydrogen-bond donors (Lipinski definition) is 1. The Bertz CT molecular complexity index is 151. The van der Waals surface area contributed by atoms with Gasteiger partial charge in [0.15, 0.2) is 0 Å². The largest absolute Gasteiger partial charge is 0.293 e. The number of allylic oxidation sites excluding steroid dienone is 1. The Morgan fingerprint density at radius 1 is 1.89 bits per heavy atom. The van der Waals surface area contributed by atoms with E-state index in [1.807, 2.05) is 6.26 Å². The standard InChI is InChI=1S/C6H9NS2/c1-8-6(7)5-3-2-4-9-5/h3,7H,2,4H2,1H3. The van der Waals surface area contributed by atoms with Gasteiger partial charge in [-0.3, -0.25) is 5.41 Å². The molecule has 0 saturated heterocycles. The Labute approximate surface area is 63.8 Å². The SMILES string of the molecule is CSC(=N)C1=CCCS1. The van der Waals surface area contributed by atoms with Crippen LogP contribution in [0.25, 0.3) is 0 Å². The van der Waals surface area contributed by atoms with Gasteiger partial charge < -0.3 is 0 Å². The van der Waals surface area contributed by atoms with E-state index in [0.717, 1.165) is 17.2 Å². The van der Waals surface area contributed by atoms with Crippen molar-refractivity contribution < 1.29 is 0 Å². The van der Waals surface area contributed by atoms with Crippen molar-refractivity contribution in [3.05, 3.63) is 11.0 Å². The van der Waals surface area contributed by atoms with Crippen LogP contribution in [0.5, 0.6) is 0 Å². The number of nitrogens with one attached hydrogen (secondary N) is 1. The molecule has 3 heteroatoms. The van der Waals surface area contributed by atoms with Crippen molar-refractivity contribution in [1.29, 1.82) is 5.41 Å². The Balaban J connectivity index is 2.51. The molecule has 1 heterocycles. The summed E-state index contributed by atoms with van der Waals surface area (Å²) in [5.74, 6) is 1.16. The fraction of sp³-hybridized carbons (Fsp3) is 0.500. The van der Waals surface area contributed by atoms with Gasteiger partial charge in [0.2, 0.25) is 0 Å². The van der Waals surface area contributed by atoms with Crippen molar-refractivity contribution in [2.45, 2.75) is 6.42 Å². The van der Waals surface area contributed by atoms with Crippen molar-refractivity contribution >= 4 is 28.6 Å². The zero-order valence-corrected chi connectivity index (χ0v) is 6.94. The van der Waals surface area contributed by atoms with E-state index < -0.39 is 0 Å². The summed E-state index contributed by atoms with van der Waals surface area (Å²) in [4.78, 5) is 1.17. The second kappa shape index (κ2) is 3.32. The lowest BCUT2D eigenvalue weighted by atomic mass is 10.4. The molecule has 0 atom stereocenters. The summed E-state index contributed by atoms with van der Waals surface area (Å²) < 4.78 is 0. The van der Waals surface area contributed by atoms with Crippen LogP contribution >= 0.6 is 23.5 Å². The van der Waals surface area contributed by atoms with E-state index in [1.165, 1.54) is 16.7 Å². The molecular weight excluding hydrogens is 150 g/mol. The van der Waals surface area contributed by atoms with Gasteiger partial charge in [-0.25, -0.2) is 0 Å². The lowest BCUT2D eigenvalue weighted by molar-refractivity contribution is 1.27. The molecule has 1 nitrogen and oxygen atoms in total. The van der Waals surface area contributed by atoms with Crippen molar-refractivity contribution in [2.24, 2.45) is 0 Å². The second-order valence-corrected chi connectivity index (χ2v) is 3.69. The fourth-order valence-corrected chi connectivity index (χ4v) is 2.21. The Morgan fingerprint density at radius 3 is 3.11 bits per heavy atom. The Morgan fingerprint density at radius 2 is 2.67 bits per heavy atom. The smallest absolute Gasteiger partial charge is 0.100 e. The van der Waals surface area contributed by atoms with Crippen LogP contribution in [-0.2, 0) is 0 Å². The number of thioether (sulfide) groups is 2. The third-order valence-corrected chi connectivity index (χ3v) is 3.01. The van der Waals surface area contributed by atoms with Crippen molar-refractivity contribution in [3.63, 3.8) is 0 Å². The third-order valence-electron chi connectivity index (χ3n) is 1.13. The second-order valence-electron chi connectivity index (χ2n) is 1.74. The molecule has 9 heavy (non-hydrogen) atoms. The first-order valence-electron chi connectivity index (χ1n) is 2.80. The van der Waals surface area contributed by atoms with Gasteiger partial charge in [-0.2, -0.15) is 0 Å². The van der Waals surface area contributed by atoms with E-state index in [2.05, 4.69) is 6.08 Å². The van der Waals surface area contributed by atoms with Crippen LogP contribution in [-0.4, -0.2) is 17.1 Å². The molecular formula is C6H9NS2. The normalized spacial score (nSPS) is 17.7. The summed E-state index contributed by atoms with van der Waals surface area (Å²) >= 11 is 3.31. The van der Waals surface area contributed by atoms with Crippen LogP contribution in [0.4, 0.5) is 0 Å². The maximum atomic E-state index is 7.41. The van der Waals surface area contributed by atoms with Gasteiger partial charge in [-0.15, -0.1) is 23.5 Å². The number of hydrogen-bond acceptors (Lipinski definition) is 3. The van der Waals surface area contributed by atoms with Crippen molar-refractivity contribution in [1.82, 2.24) is 0 Å². The van der Waals surface area contributed by atoms with Crippen LogP contribution < -0.4 is 0 Å². The molecule has 0 amide bonds. The van der Waals surface area contributed by atoms with Gasteiger partial charge in [-0.05, 0) is 12.7 Å². The van der Waals surface area contributed by atoms with E-state index in [9.17, 15) is 0 Å². The van der Waals surface area contributed by atoms with Gasteiger partial charge in [0.1, 0.15) is 5.04 Å². The molecule has 0 bridgehead atoms. The Kier molecular flexibility index (Phi) is 2.66. The molecule has 1 aliphatic rings. The average Bonchev–Trinajstić information content (AvgIpc) is 2.37. The molecule has 0 aromatic rings. The molecule has 1 rings (SSSR count). The van der Waals surface area contributed by atoms with Gasteiger partial charge in [0, 0.05) is 10.7 Å². The molecule has 0 aliphatic carbocycles. The highest BCUT2D eigenvalue weighted by Gasteiger charge is 2.08. The summed E-state index contributed by atoms with van der Waals surface area (Å²) in [6.45, 7) is 0. The first-order chi connectivity index (χ1) is 4.34. The summed E-state index contributed by atoms with van der Waals surface area (Å²) in [5, 5.41) is 8.13. The molecule has 50 valence electrons. The molecule has 1 aliphatic heterocycles. The van der Waals surface area contributed by atoms with Crippen molar-refractivity contribution in [2.75, 3.05) is 12.0 Å². The van der Waals surface area contributed by atoms with Gasteiger partial charge in [0.25, 0.3) is 0 Å². The highest BCUT2D eigenvalue weighted by Crippen LogP contribution is 2.28. The first kappa shape index (κ1) is 7.22. The quantitative estimate of drug-likeness (QED) is 0.469. The zero-order valence-electron chi connectivity index (χ0n) is 5.31. The molecule has 0 spiro atoms. The minimum atomic E-state index is 0.720. The van der Waals surface area contributed by atoms with E-state index in [1.54, 1.807) is 11.8 Å². The zero-order chi connectivity index (χ0) is 6.69. The first-order valence-corrected chi connectivity index (χ1v) is 5.01. The monoisotopic (exact) mass is 159 g/mol. The van der Waals surface area contributed by atoms with Crippen LogP contribution in [0.15, 0.2) is 11.0 Å². The lowest BCUT2D eigenvalue weighted by Crippen LogP contribution is -1.86. The highest BCUT2D eigenvalue weighted by molar-refractivity contribution is 8.17. The highest BCUT2D eigenvalue weighted by atomic mass is 32.2. The minimum Gasteiger partial charge on any atom is -0.293 e. The molecule has 0 fully saturated rings. The van der Waals surface area contributed by atoms with E-state index in [-0.39, 0.29) is 0 Å². The molecule has 0 aromatic heterocycles. The predicted molar refractivity (Wildman–Crippen MR) is 46.4 cm³/mol. The van der Waals surface area contributed by atoms with Crippen LogP contribution in [0.2, 0.25) is 0 Å². The minimum absolute atomic E-state index is 0.720. The molecule has 0 unspecified atom stereocenters. The Hall–Kier alpha value is 0.110. The third kappa shape index (κ3) is 1.76. The van der Waals surface area contributed by atoms with Crippen LogP contribution in [0.1, 0.15) is 6.42 Å². The molecule has 0 radical (unpaired) electrons. The summed E-state index contributed by atoms with van der Waals surface area (Å²) in [6, 6.07) is 0. The molecule has 0 aromatic carbocycles. The van der Waals surface area contributed by atoms with Crippen LogP contribution in [0, 0.1) is 5.41 Å². The van der Waals surface area contributed by atoms with Crippen molar-refractivity contribution in [3.8, 4) is 0 Å². The predicted octanol–water partition coefficient (Wildman–Crippen LogP) is 2.35. The summed E-state index contributed by atoms with van der Waals surface area (Å²) in [7, 11) is 0. The summed E-state index contributed by atoms with van der Waals surface area (Å²) in [5.41, 5.74) is 0. The van der Waals surface area contributed by atoms with Crippen LogP contribution in [0.3, 0.4) is 0 Å². The van der Waals surface area contributed by atoms with E-state index in [4.69, 9.17) is 5.41 Å². The molecule has 0 saturated carbocycles. The van der Waals surface area contributed by atoms with E-state index >= 15 is 0 Å². The summed E-state index contributed by atoms with van der Waals surface area (Å²) in [6.07, 6.45) is 5.23.